The van der Waals surface area contributed by atoms with Crippen molar-refractivity contribution in [3.63, 3.8) is 0 Å². The highest BCUT2D eigenvalue weighted by Gasteiger charge is 2.34. The van der Waals surface area contributed by atoms with Gasteiger partial charge < -0.3 is 15.4 Å². The summed E-state index contributed by atoms with van der Waals surface area (Å²) in [5, 5.41) is 0. The summed E-state index contributed by atoms with van der Waals surface area (Å²) in [6.45, 7) is 6.88. The maximum Gasteiger partial charge on any atom is 0.268 e. The number of anilines is 2. The third-order valence-corrected chi connectivity index (χ3v) is 4.44. The van der Waals surface area contributed by atoms with E-state index in [-0.39, 0.29) is 5.91 Å². The lowest BCUT2D eigenvalue weighted by molar-refractivity contribution is -0.126. The summed E-state index contributed by atoms with van der Waals surface area (Å²) in [6, 6.07) is 11.8. The predicted octanol–water partition coefficient (Wildman–Crippen LogP) is 3.63. The van der Waals surface area contributed by atoms with Gasteiger partial charge in [-0.1, -0.05) is 30.7 Å². The zero-order valence-corrected chi connectivity index (χ0v) is 14.5. The molecule has 1 aliphatic rings. The van der Waals surface area contributed by atoms with Gasteiger partial charge in [0.15, 0.2) is 6.10 Å². The van der Waals surface area contributed by atoms with Crippen LogP contribution >= 0.6 is 0 Å². The molecule has 1 heterocycles. The van der Waals surface area contributed by atoms with Crippen LogP contribution < -0.4 is 15.4 Å². The summed E-state index contributed by atoms with van der Waals surface area (Å²) in [5.41, 5.74) is 10.9. The lowest BCUT2D eigenvalue weighted by atomic mass is 9.98. The molecule has 2 aromatic rings. The van der Waals surface area contributed by atoms with Gasteiger partial charge in [0.1, 0.15) is 5.75 Å². The second kappa shape index (κ2) is 6.56. The molecule has 0 bridgehead atoms. The van der Waals surface area contributed by atoms with Crippen LogP contribution in [0.3, 0.4) is 0 Å². The second-order valence-electron chi connectivity index (χ2n) is 6.46. The average molecular weight is 324 g/mol. The van der Waals surface area contributed by atoms with E-state index in [4.69, 9.17) is 10.5 Å². The molecular weight excluding hydrogens is 300 g/mol. The number of hydrogen-bond donors (Lipinski definition) is 1. The standard InChI is InChI=1S/C20H24N2O2/c1-4-9-22-17-8-7-16(21)12-18(17)24-19(20(22)23)11-15-10-13(2)5-6-14(15)3/h5-8,10,12,19H,4,9,11,21H2,1-3H3. The summed E-state index contributed by atoms with van der Waals surface area (Å²) in [5.74, 6) is 0.716. The number of carbonyl (C=O) groups is 1. The van der Waals surface area contributed by atoms with E-state index >= 15 is 0 Å². The van der Waals surface area contributed by atoms with Crippen molar-refractivity contribution in [1.29, 1.82) is 0 Å². The molecule has 24 heavy (non-hydrogen) atoms. The number of rotatable bonds is 4. The van der Waals surface area contributed by atoms with Crippen molar-refractivity contribution >= 4 is 17.3 Å². The molecule has 3 rings (SSSR count). The van der Waals surface area contributed by atoms with Gasteiger partial charge in [0.05, 0.1) is 5.69 Å². The van der Waals surface area contributed by atoms with Gasteiger partial charge in [0, 0.05) is 24.7 Å². The zero-order valence-electron chi connectivity index (χ0n) is 14.5. The van der Waals surface area contributed by atoms with E-state index in [0.29, 0.717) is 24.4 Å². The third kappa shape index (κ3) is 3.09. The van der Waals surface area contributed by atoms with Gasteiger partial charge in [0.2, 0.25) is 0 Å². The molecule has 126 valence electrons. The molecule has 2 aromatic carbocycles. The molecule has 0 aliphatic carbocycles. The van der Waals surface area contributed by atoms with Gasteiger partial charge in [-0.05, 0) is 43.5 Å². The Morgan fingerprint density at radius 2 is 1.96 bits per heavy atom. The Bertz CT molecular complexity index is 770. The highest BCUT2D eigenvalue weighted by atomic mass is 16.5. The van der Waals surface area contributed by atoms with E-state index < -0.39 is 6.10 Å². The molecule has 4 nitrogen and oxygen atoms in total. The molecular formula is C20H24N2O2. The Balaban J connectivity index is 1.94. The van der Waals surface area contributed by atoms with Crippen molar-refractivity contribution in [2.45, 2.75) is 39.7 Å². The molecule has 1 amide bonds. The number of nitrogens with zero attached hydrogens (tertiary/aromatic N) is 1. The molecule has 1 atom stereocenters. The molecule has 2 N–H and O–H groups in total. The summed E-state index contributed by atoms with van der Waals surface area (Å²) >= 11 is 0. The Kier molecular flexibility index (Phi) is 4.47. The molecule has 0 saturated heterocycles. The Morgan fingerprint density at radius 1 is 1.17 bits per heavy atom. The topological polar surface area (TPSA) is 55.6 Å². The number of benzene rings is 2. The molecule has 0 saturated carbocycles. The molecule has 0 aromatic heterocycles. The van der Waals surface area contributed by atoms with E-state index in [1.54, 1.807) is 6.07 Å². The Morgan fingerprint density at radius 3 is 2.71 bits per heavy atom. The van der Waals surface area contributed by atoms with Crippen molar-refractivity contribution in [3.8, 4) is 5.75 Å². The largest absolute Gasteiger partial charge is 0.478 e. The van der Waals surface area contributed by atoms with Crippen LogP contribution in [0.5, 0.6) is 5.75 Å². The molecule has 1 aliphatic heterocycles. The second-order valence-corrected chi connectivity index (χ2v) is 6.46. The number of carbonyl (C=O) groups excluding carboxylic acids is 1. The van der Waals surface area contributed by atoms with E-state index in [1.165, 1.54) is 11.1 Å². The van der Waals surface area contributed by atoms with Gasteiger partial charge in [-0.2, -0.15) is 0 Å². The van der Waals surface area contributed by atoms with Gasteiger partial charge in [-0.15, -0.1) is 0 Å². The number of fused-ring (bicyclic) bond motifs is 1. The van der Waals surface area contributed by atoms with Crippen molar-refractivity contribution in [2.75, 3.05) is 17.2 Å². The highest BCUT2D eigenvalue weighted by molar-refractivity contribution is 6.00. The van der Waals surface area contributed by atoms with Gasteiger partial charge >= 0.3 is 0 Å². The van der Waals surface area contributed by atoms with Crippen LogP contribution in [-0.2, 0) is 11.2 Å². The van der Waals surface area contributed by atoms with E-state index in [0.717, 1.165) is 17.7 Å². The van der Waals surface area contributed by atoms with Crippen LogP contribution in [0.25, 0.3) is 0 Å². The summed E-state index contributed by atoms with van der Waals surface area (Å²) in [7, 11) is 0. The van der Waals surface area contributed by atoms with E-state index in [9.17, 15) is 4.79 Å². The van der Waals surface area contributed by atoms with Crippen LogP contribution in [0.15, 0.2) is 36.4 Å². The minimum atomic E-state index is -0.508. The number of amides is 1. The van der Waals surface area contributed by atoms with Crippen molar-refractivity contribution in [3.05, 3.63) is 53.1 Å². The first-order valence-electron chi connectivity index (χ1n) is 8.43. The average Bonchev–Trinajstić information content (AvgIpc) is 2.54. The van der Waals surface area contributed by atoms with Crippen LogP contribution in [0.1, 0.15) is 30.0 Å². The monoisotopic (exact) mass is 324 g/mol. The first-order valence-corrected chi connectivity index (χ1v) is 8.43. The summed E-state index contributed by atoms with van der Waals surface area (Å²) < 4.78 is 6.03. The van der Waals surface area contributed by atoms with Crippen LogP contribution in [0, 0.1) is 13.8 Å². The quantitative estimate of drug-likeness (QED) is 0.874. The Hall–Kier alpha value is -2.49. The van der Waals surface area contributed by atoms with Gasteiger partial charge in [-0.25, -0.2) is 0 Å². The summed E-state index contributed by atoms with van der Waals surface area (Å²) in [4.78, 5) is 14.8. The fourth-order valence-electron chi connectivity index (χ4n) is 3.15. The third-order valence-electron chi connectivity index (χ3n) is 4.44. The smallest absolute Gasteiger partial charge is 0.268 e. The summed E-state index contributed by atoms with van der Waals surface area (Å²) in [6.07, 6.45) is 0.957. The maximum absolute atomic E-state index is 12.9. The predicted molar refractivity (Wildman–Crippen MR) is 97.5 cm³/mol. The minimum absolute atomic E-state index is 0.0232. The highest BCUT2D eigenvalue weighted by Crippen LogP contribution is 2.36. The number of hydrogen-bond acceptors (Lipinski definition) is 3. The van der Waals surface area contributed by atoms with Crippen molar-refractivity contribution in [2.24, 2.45) is 0 Å². The van der Waals surface area contributed by atoms with Gasteiger partial charge in [-0.3, -0.25) is 4.79 Å². The lowest BCUT2D eigenvalue weighted by Crippen LogP contribution is -2.47. The molecule has 0 spiro atoms. The van der Waals surface area contributed by atoms with E-state index in [1.807, 2.05) is 17.0 Å². The molecule has 0 radical (unpaired) electrons. The zero-order chi connectivity index (χ0) is 17.3. The maximum atomic E-state index is 12.9. The van der Waals surface area contributed by atoms with Crippen LogP contribution in [0.4, 0.5) is 11.4 Å². The number of nitrogens with two attached hydrogens (primary N) is 1. The molecule has 4 heteroatoms. The SMILES string of the molecule is CCCN1C(=O)C(Cc2cc(C)ccc2C)Oc2cc(N)ccc21. The van der Waals surface area contributed by atoms with E-state index in [2.05, 4.69) is 39.0 Å². The minimum Gasteiger partial charge on any atom is -0.478 e. The number of nitrogen functional groups attached to an aromatic ring is 1. The Labute approximate surface area is 143 Å². The first kappa shape index (κ1) is 16.4. The van der Waals surface area contributed by atoms with Crippen molar-refractivity contribution < 1.29 is 9.53 Å². The lowest BCUT2D eigenvalue weighted by Gasteiger charge is -2.34. The van der Waals surface area contributed by atoms with Gasteiger partial charge in [0.25, 0.3) is 5.91 Å². The number of aryl methyl sites for hydroxylation is 2. The normalized spacial score (nSPS) is 16.7. The van der Waals surface area contributed by atoms with Crippen molar-refractivity contribution in [1.82, 2.24) is 0 Å². The fraction of sp³-hybridized carbons (Fsp3) is 0.350. The van der Waals surface area contributed by atoms with Crippen LogP contribution in [-0.4, -0.2) is 18.6 Å². The molecule has 1 unspecified atom stereocenters. The fourth-order valence-corrected chi connectivity index (χ4v) is 3.15. The molecule has 0 fully saturated rings. The van der Waals surface area contributed by atoms with Crippen LogP contribution in [0.2, 0.25) is 0 Å². The number of ether oxygens (including phenoxy) is 1. The first-order chi connectivity index (χ1) is 11.5.